The highest BCUT2D eigenvalue weighted by Crippen LogP contribution is 2.21. The van der Waals surface area contributed by atoms with E-state index >= 15 is 0 Å². The van der Waals surface area contributed by atoms with E-state index in [1.807, 2.05) is 46.8 Å². The van der Waals surface area contributed by atoms with Gasteiger partial charge in [-0.05, 0) is 36.5 Å². The van der Waals surface area contributed by atoms with E-state index in [4.69, 9.17) is 0 Å². The first-order chi connectivity index (χ1) is 15.7. The lowest BCUT2D eigenvalue weighted by Crippen LogP contribution is -2.43. The van der Waals surface area contributed by atoms with Gasteiger partial charge in [0.05, 0.1) is 24.0 Å². The largest absolute Gasteiger partial charge is 0.352 e. The second-order valence-corrected chi connectivity index (χ2v) is 8.15. The van der Waals surface area contributed by atoms with Gasteiger partial charge in [0.2, 0.25) is 5.91 Å². The topological polar surface area (TPSA) is 80.1 Å². The van der Waals surface area contributed by atoms with E-state index in [0.717, 1.165) is 23.2 Å². The summed E-state index contributed by atoms with van der Waals surface area (Å²) in [4.78, 5) is 31.7. The van der Waals surface area contributed by atoms with Crippen molar-refractivity contribution in [3.8, 4) is 0 Å². The van der Waals surface area contributed by atoms with E-state index in [-0.39, 0.29) is 17.7 Å². The molecule has 0 bridgehead atoms. The molecule has 2 amide bonds. The Bertz CT molecular complexity index is 1040. The maximum absolute atomic E-state index is 13.2. The van der Waals surface area contributed by atoms with Gasteiger partial charge in [-0.3, -0.25) is 19.3 Å². The van der Waals surface area contributed by atoms with Gasteiger partial charge in [0.1, 0.15) is 0 Å². The first kappa shape index (κ1) is 21.7. The van der Waals surface area contributed by atoms with E-state index in [9.17, 15) is 9.59 Å². The molecule has 0 radical (unpaired) electrons. The number of nitrogens with one attached hydrogen (secondary N) is 1. The number of likely N-dealkylation sites (tertiary alicyclic amines) is 1. The molecule has 1 aliphatic heterocycles. The normalized spacial score (nSPS) is 14.3. The summed E-state index contributed by atoms with van der Waals surface area (Å²) >= 11 is 0. The SMILES string of the molecule is CCc1c(C(=O)N2CCC(C(=O)NCc3cccnc3)CC2)cnn1Cc1ccccc1. The maximum atomic E-state index is 13.2. The predicted molar refractivity (Wildman–Crippen MR) is 122 cm³/mol. The third-order valence-electron chi connectivity index (χ3n) is 6.03. The number of amides is 2. The molecule has 2 aromatic heterocycles. The van der Waals surface area contributed by atoms with E-state index < -0.39 is 0 Å². The van der Waals surface area contributed by atoms with Crippen LogP contribution in [0.3, 0.4) is 0 Å². The van der Waals surface area contributed by atoms with Gasteiger partial charge in [-0.15, -0.1) is 0 Å². The third kappa shape index (κ3) is 5.04. The van der Waals surface area contributed by atoms with Gasteiger partial charge >= 0.3 is 0 Å². The fourth-order valence-corrected chi connectivity index (χ4v) is 4.21. The number of hydrogen-bond acceptors (Lipinski definition) is 4. The summed E-state index contributed by atoms with van der Waals surface area (Å²) in [5, 5.41) is 7.49. The average molecular weight is 432 g/mol. The van der Waals surface area contributed by atoms with Crippen LogP contribution in [0, 0.1) is 5.92 Å². The molecule has 0 aliphatic carbocycles. The molecule has 7 nitrogen and oxygen atoms in total. The highest BCUT2D eigenvalue weighted by Gasteiger charge is 2.29. The Hall–Kier alpha value is -3.48. The number of carbonyl (C=O) groups excluding carboxylic acids is 2. The van der Waals surface area contributed by atoms with Crippen molar-refractivity contribution in [2.45, 2.75) is 39.3 Å². The molecule has 0 saturated carbocycles. The molecule has 1 aliphatic rings. The minimum absolute atomic E-state index is 0.00961. The highest BCUT2D eigenvalue weighted by atomic mass is 16.2. The zero-order valence-electron chi connectivity index (χ0n) is 18.4. The summed E-state index contributed by atoms with van der Waals surface area (Å²) in [6, 6.07) is 13.9. The molecule has 166 valence electrons. The van der Waals surface area contributed by atoms with E-state index in [2.05, 4.69) is 27.5 Å². The lowest BCUT2D eigenvalue weighted by molar-refractivity contribution is -0.126. The molecule has 0 spiro atoms. The molecule has 1 aromatic carbocycles. The van der Waals surface area contributed by atoms with Crippen LogP contribution in [0.2, 0.25) is 0 Å². The van der Waals surface area contributed by atoms with Gasteiger partial charge in [-0.1, -0.05) is 43.3 Å². The highest BCUT2D eigenvalue weighted by molar-refractivity contribution is 5.95. The number of pyridine rings is 1. The summed E-state index contributed by atoms with van der Waals surface area (Å²) in [7, 11) is 0. The van der Waals surface area contributed by atoms with Crippen LogP contribution in [0.1, 0.15) is 46.9 Å². The lowest BCUT2D eigenvalue weighted by Gasteiger charge is -2.31. The average Bonchev–Trinajstić information content (AvgIpc) is 3.25. The van der Waals surface area contributed by atoms with Gasteiger partial charge in [0, 0.05) is 37.9 Å². The van der Waals surface area contributed by atoms with Crippen molar-refractivity contribution in [1.29, 1.82) is 0 Å². The molecule has 1 fully saturated rings. The quantitative estimate of drug-likeness (QED) is 0.624. The van der Waals surface area contributed by atoms with E-state index in [0.29, 0.717) is 44.6 Å². The Labute approximate surface area is 188 Å². The number of rotatable bonds is 7. The summed E-state index contributed by atoms with van der Waals surface area (Å²) < 4.78 is 1.92. The van der Waals surface area contributed by atoms with E-state index in [1.54, 1.807) is 18.6 Å². The lowest BCUT2D eigenvalue weighted by atomic mass is 9.95. The van der Waals surface area contributed by atoms with Crippen molar-refractivity contribution in [2.24, 2.45) is 5.92 Å². The smallest absolute Gasteiger partial charge is 0.257 e. The minimum Gasteiger partial charge on any atom is -0.352 e. The molecule has 0 unspecified atom stereocenters. The number of nitrogens with zero attached hydrogens (tertiary/aromatic N) is 4. The summed E-state index contributed by atoms with van der Waals surface area (Å²) in [6.07, 6.45) is 7.24. The number of carbonyl (C=O) groups is 2. The molecule has 0 atom stereocenters. The first-order valence-electron chi connectivity index (χ1n) is 11.2. The standard InChI is InChI=1S/C25H29N5O2/c1-2-23-22(17-28-30(23)18-19-7-4-3-5-8-19)25(32)29-13-10-21(11-14-29)24(31)27-16-20-9-6-12-26-15-20/h3-9,12,15,17,21H,2,10-11,13-14,16,18H2,1H3,(H,27,31). The molecule has 3 aromatic rings. The van der Waals surface area contributed by atoms with Gasteiger partial charge in [0.15, 0.2) is 0 Å². The molecule has 4 rings (SSSR count). The van der Waals surface area contributed by atoms with Crippen molar-refractivity contribution in [3.05, 3.63) is 83.4 Å². The fraction of sp³-hybridized carbons (Fsp3) is 0.360. The Balaban J connectivity index is 1.33. The summed E-state index contributed by atoms with van der Waals surface area (Å²) in [5.41, 5.74) is 3.76. The second kappa shape index (κ2) is 10.2. The number of benzene rings is 1. The van der Waals surface area contributed by atoms with Crippen LogP contribution >= 0.6 is 0 Å². The first-order valence-corrected chi connectivity index (χ1v) is 11.2. The van der Waals surface area contributed by atoms with Crippen LogP contribution in [-0.2, 0) is 24.3 Å². The molecule has 3 heterocycles. The number of hydrogen-bond donors (Lipinski definition) is 1. The van der Waals surface area contributed by atoms with Gasteiger partial charge in [0.25, 0.3) is 5.91 Å². The Morgan fingerprint density at radius 2 is 1.78 bits per heavy atom. The third-order valence-corrected chi connectivity index (χ3v) is 6.03. The Kier molecular flexibility index (Phi) is 6.94. The molecular formula is C25H29N5O2. The zero-order chi connectivity index (χ0) is 22.3. The van der Waals surface area contributed by atoms with Gasteiger partial charge < -0.3 is 10.2 Å². The second-order valence-electron chi connectivity index (χ2n) is 8.15. The molecule has 1 N–H and O–H groups in total. The van der Waals surface area contributed by atoms with Gasteiger partial charge in [-0.2, -0.15) is 5.10 Å². The van der Waals surface area contributed by atoms with Crippen LogP contribution in [0.25, 0.3) is 0 Å². The summed E-state index contributed by atoms with van der Waals surface area (Å²) in [5.74, 6) is -0.0107. The number of aromatic nitrogens is 3. The molecule has 32 heavy (non-hydrogen) atoms. The van der Waals surface area contributed by atoms with E-state index in [1.165, 1.54) is 0 Å². The zero-order valence-corrected chi connectivity index (χ0v) is 18.4. The predicted octanol–water partition coefficient (Wildman–Crippen LogP) is 3.06. The maximum Gasteiger partial charge on any atom is 0.257 e. The van der Waals surface area contributed by atoms with Crippen molar-refractivity contribution >= 4 is 11.8 Å². The van der Waals surface area contributed by atoms with Crippen LogP contribution in [0.15, 0.2) is 61.1 Å². The number of piperidine rings is 1. The van der Waals surface area contributed by atoms with Crippen molar-refractivity contribution < 1.29 is 9.59 Å². The monoisotopic (exact) mass is 431 g/mol. The van der Waals surface area contributed by atoms with Gasteiger partial charge in [-0.25, -0.2) is 0 Å². The fourth-order valence-electron chi connectivity index (χ4n) is 4.21. The molecular weight excluding hydrogens is 402 g/mol. The summed E-state index contributed by atoms with van der Waals surface area (Å²) in [6.45, 7) is 4.34. The van der Waals surface area contributed by atoms with Crippen molar-refractivity contribution in [1.82, 2.24) is 25.0 Å². The van der Waals surface area contributed by atoms with Crippen LogP contribution in [0.5, 0.6) is 0 Å². The van der Waals surface area contributed by atoms with Crippen LogP contribution < -0.4 is 5.32 Å². The Morgan fingerprint density at radius 1 is 1.03 bits per heavy atom. The molecule has 1 saturated heterocycles. The van der Waals surface area contributed by atoms with Crippen molar-refractivity contribution in [2.75, 3.05) is 13.1 Å². The Morgan fingerprint density at radius 3 is 2.47 bits per heavy atom. The van der Waals surface area contributed by atoms with Crippen molar-refractivity contribution in [3.63, 3.8) is 0 Å². The minimum atomic E-state index is -0.0674. The van der Waals surface area contributed by atoms with Crippen LogP contribution in [0.4, 0.5) is 0 Å². The van der Waals surface area contributed by atoms with Crippen LogP contribution in [-0.4, -0.2) is 44.6 Å². The molecule has 7 heteroatoms.